The molecule has 1 aliphatic rings. The van der Waals surface area contributed by atoms with Gasteiger partial charge in [-0.25, -0.2) is 8.78 Å². The largest absolute Gasteiger partial charge is 0.493 e. The number of aromatic nitrogens is 1. The lowest BCUT2D eigenvalue weighted by Gasteiger charge is -2.27. The first kappa shape index (κ1) is 25.7. The van der Waals surface area contributed by atoms with Gasteiger partial charge in [0.2, 0.25) is 5.82 Å². The zero-order valence-corrected chi connectivity index (χ0v) is 17.8. The van der Waals surface area contributed by atoms with E-state index in [9.17, 15) is 36.2 Å². The van der Waals surface area contributed by atoms with Gasteiger partial charge in [0.1, 0.15) is 12.2 Å². The van der Waals surface area contributed by atoms with Gasteiger partial charge in [0, 0.05) is 11.5 Å². The zero-order chi connectivity index (χ0) is 25.4. The van der Waals surface area contributed by atoms with Crippen LogP contribution in [-0.2, 0) is 9.53 Å². The van der Waals surface area contributed by atoms with Gasteiger partial charge in [-0.3, -0.25) is 9.78 Å². The average Bonchev–Trinajstić information content (AvgIpc) is 3.15. The van der Waals surface area contributed by atoms with E-state index in [0.29, 0.717) is 19.2 Å². The summed E-state index contributed by atoms with van der Waals surface area (Å²) in [6.45, 7) is -0.0674. The Bertz CT molecular complexity index is 1080. The number of hydrogen-bond donors (Lipinski definition) is 3. The van der Waals surface area contributed by atoms with Crippen molar-refractivity contribution in [1.29, 1.82) is 0 Å². The quantitative estimate of drug-likeness (QED) is 0.533. The Morgan fingerprint density at radius 3 is 2.59 bits per heavy atom. The third-order valence-electron chi connectivity index (χ3n) is 5.55. The summed E-state index contributed by atoms with van der Waals surface area (Å²) in [6.07, 6.45) is -8.57. The molecule has 0 radical (unpaired) electrons. The van der Waals surface area contributed by atoms with E-state index in [1.807, 2.05) is 0 Å². The molecule has 2 aromatic rings. The van der Waals surface area contributed by atoms with E-state index in [4.69, 9.17) is 14.6 Å². The van der Waals surface area contributed by atoms with Crippen LogP contribution < -0.4 is 10.1 Å². The van der Waals surface area contributed by atoms with Crippen LogP contribution in [0.2, 0.25) is 0 Å². The van der Waals surface area contributed by atoms with Gasteiger partial charge in [0.25, 0.3) is 5.91 Å². The predicted molar refractivity (Wildman–Crippen MR) is 104 cm³/mol. The van der Waals surface area contributed by atoms with Crippen LogP contribution in [0.1, 0.15) is 36.6 Å². The van der Waals surface area contributed by atoms with Crippen molar-refractivity contribution < 1.29 is 50.8 Å². The number of pyridine rings is 1. The Morgan fingerprint density at radius 2 is 2.00 bits per heavy atom. The van der Waals surface area contributed by atoms with Crippen molar-refractivity contribution in [3.8, 4) is 5.75 Å². The van der Waals surface area contributed by atoms with Crippen molar-refractivity contribution in [3.63, 3.8) is 0 Å². The van der Waals surface area contributed by atoms with Crippen molar-refractivity contribution in [3.05, 3.63) is 53.1 Å². The van der Waals surface area contributed by atoms with E-state index in [-0.39, 0.29) is 11.3 Å². The Kier molecular flexibility index (Phi) is 7.10. The van der Waals surface area contributed by atoms with E-state index < -0.39 is 77.7 Å². The lowest BCUT2D eigenvalue weighted by molar-refractivity contribution is -0.261. The number of rotatable bonds is 6. The second-order valence-electron chi connectivity index (χ2n) is 7.84. The van der Waals surface area contributed by atoms with Gasteiger partial charge < -0.3 is 25.0 Å². The van der Waals surface area contributed by atoms with Gasteiger partial charge in [-0.1, -0.05) is 6.07 Å². The lowest BCUT2D eigenvalue weighted by Crippen LogP contribution is -2.43. The number of anilines is 1. The summed E-state index contributed by atoms with van der Waals surface area (Å²) in [7, 11) is 0.982. The molecule has 0 unspecified atom stereocenters. The molecule has 1 amide bonds. The third kappa shape index (κ3) is 4.68. The molecule has 0 bridgehead atoms. The number of benzene rings is 1. The van der Waals surface area contributed by atoms with Crippen LogP contribution in [0.15, 0.2) is 24.4 Å². The number of aliphatic hydroxyl groups is 2. The maximum Gasteiger partial charge on any atom is 0.417 e. The molecular weight excluding hydrogens is 474 g/mol. The summed E-state index contributed by atoms with van der Waals surface area (Å²) in [6, 6.07) is 2.55. The number of nitrogens with one attached hydrogen (secondary N) is 1. The number of carbonyl (C=O) groups is 1. The fourth-order valence-electron chi connectivity index (χ4n) is 3.71. The third-order valence-corrected chi connectivity index (χ3v) is 5.55. The summed E-state index contributed by atoms with van der Waals surface area (Å²) in [4.78, 5) is 16.5. The number of carbonyl (C=O) groups excluding carboxylic acids is 1. The van der Waals surface area contributed by atoms with E-state index in [1.54, 1.807) is 0 Å². The Balaban J connectivity index is 2.02. The highest BCUT2D eigenvalue weighted by atomic mass is 19.4. The molecule has 1 aromatic heterocycles. The van der Waals surface area contributed by atoms with Gasteiger partial charge in [0.15, 0.2) is 23.0 Å². The van der Waals surface area contributed by atoms with Crippen LogP contribution in [0.5, 0.6) is 5.75 Å². The molecule has 34 heavy (non-hydrogen) atoms. The van der Waals surface area contributed by atoms with E-state index in [0.717, 1.165) is 19.2 Å². The molecule has 1 aliphatic heterocycles. The molecular formula is C21H20F6N2O5. The van der Waals surface area contributed by atoms with E-state index in [1.165, 1.54) is 0 Å². The molecule has 1 fully saturated rings. The number of amides is 1. The van der Waals surface area contributed by atoms with Crippen molar-refractivity contribution in [2.45, 2.75) is 43.2 Å². The van der Waals surface area contributed by atoms with Crippen LogP contribution in [0.4, 0.5) is 32.0 Å². The summed E-state index contributed by atoms with van der Waals surface area (Å²) < 4.78 is 93.2. The molecule has 3 rings (SSSR count). The Morgan fingerprint density at radius 1 is 1.32 bits per heavy atom. The van der Waals surface area contributed by atoms with Crippen molar-refractivity contribution >= 4 is 11.6 Å². The maximum absolute atomic E-state index is 14.3. The monoisotopic (exact) mass is 494 g/mol. The smallest absolute Gasteiger partial charge is 0.417 e. The molecule has 7 nitrogen and oxygen atoms in total. The molecule has 0 spiro atoms. The summed E-state index contributed by atoms with van der Waals surface area (Å²) in [5.41, 5.74) is -3.86. The van der Waals surface area contributed by atoms with Crippen LogP contribution in [0.25, 0.3) is 0 Å². The van der Waals surface area contributed by atoms with Crippen LogP contribution in [0.3, 0.4) is 0 Å². The van der Waals surface area contributed by atoms with Crippen molar-refractivity contribution in [2.24, 2.45) is 0 Å². The van der Waals surface area contributed by atoms with Gasteiger partial charge >= 0.3 is 6.18 Å². The fraction of sp³-hybridized carbons (Fsp3) is 0.429. The minimum atomic E-state index is -4.94. The van der Waals surface area contributed by atoms with Gasteiger partial charge in [-0.15, -0.1) is 0 Å². The predicted octanol–water partition coefficient (Wildman–Crippen LogP) is 3.37. The first-order chi connectivity index (χ1) is 15.8. The van der Waals surface area contributed by atoms with E-state index >= 15 is 0 Å². The standard InChI is InChI=1S/C21H20F6N2O5/c1-20(21(25,26)27)6-10(9-3-4-11(22)16(24)17(9)33-2)18(34-20)19(32)29-13-5-14(15(31)8-30)28-7-12(13)23/h3-5,7,10,15,18,30-31H,6,8H2,1-2H3,(H,28,29,32)/t10-,15-,18+,20+/m0/s1. The lowest BCUT2D eigenvalue weighted by atomic mass is 9.85. The SMILES string of the molecule is COc1c([C@@H]2C[C@](C)(C(F)(F)F)O[C@H]2C(=O)Nc2cc([C@@H](O)CO)ncc2F)ccc(F)c1F. The second-order valence-corrected chi connectivity index (χ2v) is 7.84. The highest BCUT2D eigenvalue weighted by Crippen LogP contribution is 2.51. The topological polar surface area (TPSA) is 101 Å². The summed E-state index contributed by atoms with van der Waals surface area (Å²) in [5, 5.41) is 20.8. The summed E-state index contributed by atoms with van der Waals surface area (Å²) >= 11 is 0. The number of aliphatic hydroxyl groups excluding tert-OH is 2. The molecule has 186 valence electrons. The molecule has 0 aliphatic carbocycles. The summed E-state index contributed by atoms with van der Waals surface area (Å²) in [5.74, 6) is -7.22. The molecule has 2 heterocycles. The molecule has 3 N–H and O–H groups in total. The number of halogens is 6. The van der Waals surface area contributed by atoms with Crippen LogP contribution >= 0.6 is 0 Å². The van der Waals surface area contributed by atoms with E-state index in [2.05, 4.69) is 10.3 Å². The number of nitrogens with zero attached hydrogens (tertiary/aromatic N) is 1. The van der Waals surface area contributed by atoms with Crippen LogP contribution in [-0.4, -0.2) is 52.7 Å². The maximum atomic E-state index is 14.3. The van der Waals surface area contributed by atoms with Crippen LogP contribution in [0, 0.1) is 17.5 Å². The number of alkyl halides is 3. The van der Waals surface area contributed by atoms with Gasteiger partial charge in [-0.2, -0.15) is 17.6 Å². The number of methoxy groups -OCH3 is 1. The van der Waals surface area contributed by atoms with Gasteiger partial charge in [-0.05, 0) is 25.5 Å². The Hall–Kier alpha value is -2.90. The first-order valence-electron chi connectivity index (χ1n) is 9.84. The van der Waals surface area contributed by atoms with Crippen molar-refractivity contribution in [2.75, 3.05) is 19.0 Å². The van der Waals surface area contributed by atoms with Gasteiger partial charge in [0.05, 0.1) is 31.3 Å². The zero-order valence-electron chi connectivity index (χ0n) is 17.8. The first-order valence-corrected chi connectivity index (χ1v) is 9.84. The average molecular weight is 494 g/mol. The molecule has 4 atom stereocenters. The molecule has 1 aromatic carbocycles. The Labute approximate surface area is 189 Å². The number of ether oxygens (including phenoxy) is 2. The number of hydrogen-bond acceptors (Lipinski definition) is 6. The second kappa shape index (κ2) is 9.39. The normalized spacial score (nSPS) is 23.6. The highest BCUT2D eigenvalue weighted by Gasteiger charge is 2.61. The molecule has 1 saturated heterocycles. The minimum absolute atomic E-state index is 0.217. The molecule has 0 saturated carbocycles. The minimum Gasteiger partial charge on any atom is -0.493 e. The fourth-order valence-corrected chi connectivity index (χ4v) is 3.71. The van der Waals surface area contributed by atoms with Crippen molar-refractivity contribution in [1.82, 2.24) is 4.98 Å². The molecule has 13 heteroatoms. The highest BCUT2D eigenvalue weighted by molar-refractivity contribution is 5.95.